The molecule has 39 heavy (non-hydrogen) atoms. The van der Waals surface area contributed by atoms with Crippen LogP contribution in [0.2, 0.25) is 0 Å². The van der Waals surface area contributed by atoms with Crippen LogP contribution in [-0.4, -0.2) is 58.6 Å². The Hall–Kier alpha value is -4.24. The number of carbonyl (C=O) groups excluding carboxylic acids is 1. The number of aromatic nitrogens is 3. The Kier molecular flexibility index (Phi) is 6.74. The lowest BCUT2D eigenvalue weighted by molar-refractivity contribution is -0.111. The van der Waals surface area contributed by atoms with Crippen LogP contribution in [0.15, 0.2) is 67.4 Å². The Bertz CT molecular complexity index is 1540. The molecule has 1 saturated carbocycles. The normalized spacial score (nSPS) is 15.9. The van der Waals surface area contributed by atoms with E-state index in [0.717, 1.165) is 55.6 Å². The molecule has 0 spiro atoms. The van der Waals surface area contributed by atoms with Gasteiger partial charge in [0.2, 0.25) is 11.8 Å². The van der Waals surface area contributed by atoms with Crippen molar-refractivity contribution in [3.05, 3.63) is 84.6 Å². The fourth-order valence-corrected chi connectivity index (χ4v) is 4.94. The van der Waals surface area contributed by atoms with Crippen LogP contribution in [0.4, 0.5) is 15.8 Å². The number of anilines is 2. The Labute approximate surface area is 226 Å². The van der Waals surface area contributed by atoms with Gasteiger partial charge in [-0.1, -0.05) is 18.7 Å². The number of hydrogen-bond donors (Lipinski definition) is 1. The minimum Gasteiger partial charge on any atom is -0.438 e. The summed E-state index contributed by atoms with van der Waals surface area (Å²) in [4.78, 5) is 25.7. The van der Waals surface area contributed by atoms with Crippen molar-refractivity contribution in [3.63, 3.8) is 0 Å². The molecule has 4 aromatic rings. The highest BCUT2D eigenvalue weighted by atomic mass is 19.1. The van der Waals surface area contributed by atoms with E-state index in [0.29, 0.717) is 41.3 Å². The van der Waals surface area contributed by atoms with Gasteiger partial charge in [0.25, 0.3) is 0 Å². The molecule has 0 radical (unpaired) electrons. The van der Waals surface area contributed by atoms with Crippen LogP contribution in [0.3, 0.4) is 0 Å². The highest BCUT2D eigenvalue weighted by Gasteiger charge is 2.27. The van der Waals surface area contributed by atoms with Crippen molar-refractivity contribution in [2.24, 2.45) is 0 Å². The van der Waals surface area contributed by atoms with Crippen LogP contribution in [0.5, 0.6) is 11.6 Å². The number of halogens is 1. The van der Waals surface area contributed by atoms with Gasteiger partial charge < -0.3 is 24.4 Å². The van der Waals surface area contributed by atoms with E-state index in [2.05, 4.69) is 33.3 Å². The van der Waals surface area contributed by atoms with E-state index in [-0.39, 0.29) is 11.7 Å². The van der Waals surface area contributed by atoms with Crippen LogP contribution in [0.25, 0.3) is 11.0 Å². The van der Waals surface area contributed by atoms with Crippen LogP contribution in [0, 0.1) is 5.82 Å². The van der Waals surface area contributed by atoms with E-state index in [4.69, 9.17) is 14.7 Å². The average molecular weight is 527 g/mol. The van der Waals surface area contributed by atoms with Crippen molar-refractivity contribution in [2.75, 3.05) is 43.4 Å². The van der Waals surface area contributed by atoms with E-state index in [1.54, 1.807) is 24.3 Å². The molecule has 6 rings (SSSR count). The van der Waals surface area contributed by atoms with Crippen molar-refractivity contribution >= 4 is 28.3 Å². The number of ether oxygens (including phenoxy) is 1. The number of hydrogen-bond acceptors (Lipinski definition) is 6. The predicted octanol–water partition coefficient (Wildman–Crippen LogP) is 5.16. The fourth-order valence-electron chi connectivity index (χ4n) is 4.94. The number of fused-ring (bicyclic) bond motifs is 1. The van der Waals surface area contributed by atoms with Gasteiger partial charge in [0, 0.05) is 56.6 Å². The lowest BCUT2D eigenvalue weighted by atomic mass is 10.1. The summed E-state index contributed by atoms with van der Waals surface area (Å²) in [5.41, 5.74) is 2.84. The third-order valence-corrected chi connectivity index (χ3v) is 7.24. The van der Waals surface area contributed by atoms with Gasteiger partial charge >= 0.3 is 0 Å². The monoisotopic (exact) mass is 526 g/mol. The number of nitrogens with one attached hydrogen (secondary N) is 1. The molecule has 0 unspecified atom stereocenters. The second-order valence-electron chi connectivity index (χ2n) is 10.2. The van der Waals surface area contributed by atoms with E-state index in [1.807, 2.05) is 30.5 Å². The largest absolute Gasteiger partial charge is 0.438 e. The first-order valence-electron chi connectivity index (χ1n) is 13.3. The maximum Gasteiger partial charge on any atom is 0.247 e. The number of benzene rings is 2. The maximum atomic E-state index is 15.2. The first-order valence-corrected chi connectivity index (χ1v) is 13.3. The summed E-state index contributed by atoms with van der Waals surface area (Å²) in [7, 11) is 2.09. The summed E-state index contributed by atoms with van der Waals surface area (Å²) in [5.74, 6) is 0.988. The van der Waals surface area contributed by atoms with E-state index >= 15 is 4.39 Å². The van der Waals surface area contributed by atoms with Gasteiger partial charge in [0.1, 0.15) is 23.0 Å². The molecule has 1 aliphatic heterocycles. The third kappa shape index (κ3) is 5.49. The number of nitrogens with zero attached hydrogens (tertiary/aromatic N) is 5. The highest BCUT2D eigenvalue weighted by Crippen LogP contribution is 2.39. The van der Waals surface area contributed by atoms with E-state index in [1.165, 1.54) is 6.08 Å². The van der Waals surface area contributed by atoms with Gasteiger partial charge in [0.15, 0.2) is 0 Å². The molecule has 1 amide bonds. The van der Waals surface area contributed by atoms with Crippen LogP contribution < -0.4 is 15.0 Å². The lowest BCUT2D eigenvalue weighted by Crippen LogP contribution is -2.44. The number of piperazine rings is 1. The molecule has 0 atom stereocenters. The highest BCUT2D eigenvalue weighted by molar-refractivity contribution is 5.99. The topological polar surface area (TPSA) is 75.5 Å². The minimum absolute atomic E-state index is 0.227. The Morgan fingerprint density at radius 2 is 1.95 bits per heavy atom. The Morgan fingerprint density at radius 3 is 2.69 bits per heavy atom. The summed E-state index contributed by atoms with van der Waals surface area (Å²) >= 11 is 0. The van der Waals surface area contributed by atoms with Crippen LogP contribution in [0.1, 0.15) is 30.3 Å². The number of amides is 1. The molecule has 9 heteroatoms. The maximum absolute atomic E-state index is 15.2. The minimum atomic E-state index is -0.300. The third-order valence-electron chi connectivity index (χ3n) is 7.24. The van der Waals surface area contributed by atoms with Gasteiger partial charge in [-0.05, 0) is 61.9 Å². The molecular formula is C30H31FN6O2. The lowest BCUT2D eigenvalue weighted by Gasteiger charge is -2.34. The van der Waals surface area contributed by atoms with Crippen LogP contribution in [-0.2, 0) is 11.2 Å². The molecule has 0 bridgehead atoms. The van der Waals surface area contributed by atoms with Gasteiger partial charge in [0.05, 0.1) is 11.1 Å². The zero-order chi connectivity index (χ0) is 26.9. The first-order chi connectivity index (χ1) is 19.0. The second kappa shape index (κ2) is 10.5. The fraction of sp³-hybridized carbons (Fsp3) is 0.300. The van der Waals surface area contributed by atoms with Gasteiger partial charge in [-0.25, -0.2) is 9.37 Å². The molecule has 2 fully saturated rings. The first kappa shape index (κ1) is 25.1. The van der Waals surface area contributed by atoms with Crippen molar-refractivity contribution in [1.82, 2.24) is 19.4 Å². The van der Waals surface area contributed by atoms with E-state index < -0.39 is 0 Å². The zero-order valence-electron chi connectivity index (χ0n) is 21.9. The summed E-state index contributed by atoms with van der Waals surface area (Å²) in [5, 5.41) is 3.55. The Morgan fingerprint density at radius 1 is 1.13 bits per heavy atom. The average Bonchev–Trinajstić information content (AvgIpc) is 3.68. The molecule has 1 aliphatic carbocycles. The molecule has 1 N–H and O–H groups in total. The Balaban J connectivity index is 1.29. The van der Waals surface area contributed by atoms with Gasteiger partial charge in [-0.15, -0.1) is 0 Å². The summed E-state index contributed by atoms with van der Waals surface area (Å²) in [6.45, 7) is 6.95. The quantitative estimate of drug-likeness (QED) is 0.320. The SMILES string of the molecule is C=CC(=O)Nc1cccc(Oc2nc(Cc3ccc(N4CCN(C)CC4)c(F)c3)nc3c2ccn3C2CC2)c1. The van der Waals surface area contributed by atoms with Crippen molar-refractivity contribution in [1.29, 1.82) is 0 Å². The van der Waals surface area contributed by atoms with Crippen molar-refractivity contribution < 1.29 is 13.9 Å². The molecule has 2 aromatic carbocycles. The molecule has 2 aromatic heterocycles. The molecule has 2 aliphatic rings. The molecule has 3 heterocycles. The summed E-state index contributed by atoms with van der Waals surface area (Å²) in [6.07, 6.45) is 5.85. The standard InChI is InChI=1S/C30H31FN6O2/c1-3-28(38)32-21-5-4-6-23(19-21)39-30-24-11-12-37(22-8-9-22)29(24)33-27(34-30)18-20-7-10-26(25(31)17-20)36-15-13-35(2)14-16-36/h3-7,10-12,17,19,22H,1,8-9,13-16,18H2,2H3,(H,32,38). The van der Waals surface area contributed by atoms with E-state index in [9.17, 15) is 4.79 Å². The smallest absolute Gasteiger partial charge is 0.247 e. The zero-order valence-corrected chi connectivity index (χ0v) is 21.9. The number of carbonyl (C=O) groups is 1. The predicted molar refractivity (Wildman–Crippen MR) is 150 cm³/mol. The van der Waals surface area contributed by atoms with Gasteiger partial charge in [-0.3, -0.25) is 4.79 Å². The molecule has 200 valence electrons. The van der Waals surface area contributed by atoms with Crippen molar-refractivity contribution in [2.45, 2.75) is 25.3 Å². The second-order valence-corrected chi connectivity index (χ2v) is 10.2. The summed E-state index contributed by atoms with van der Waals surface area (Å²) in [6, 6.07) is 14.9. The number of likely N-dealkylation sites (N-methyl/N-ethyl adjacent to an activating group) is 1. The molecule has 8 nitrogen and oxygen atoms in total. The molecular weight excluding hydrogens is 495 g/mol. The van der Waals surface area contributed by atoms with Crippen LogP contribution >= 0.6 is 0 Å². The summed E-state index contributed by atoms with van der Waals surface area (Å²) < 4.78 is 23.6. The number of rotatable bonds is 8. The molecule has 1 saturated heterocycles. The van der Waals surface area contributed by atoms with Gasteiger partial charge in [-0.2, -0.15) is 4.98 Å². The van der Waals surface area contributed by atoms with Crippen molar-refractivity contribution in [3.8, 4) is 11.6 Å².